The molecule has 0 spiro atoms. The van der Waals surface area contributed by atoms with Gasteiger partial charge in [0.2, 0.25) is 0 Å². The van der Waals surface area contributed by atoms with E-state index in [1.54, 1.807) is 5.20 Å². The van der Waals surface area contributed by atoms with Crippen LogP contribution < -0.4 is 0 Å². The van der Waals surface area contributed by atoms with Gasteiger partial charge in [0, 0.05) is 0 Å². The van der Waals surface area contributed by atoms with Crippen molar-refractivity contribution in [2.75, 3.05) is 6.54 Å². The predicted octanol–water partition coefficient (Wildman–Crippen LogP) is 4.06. The van der Waals surface area contributed by atoms with E-state index < -0.39 is 0 Å². The molecule has 0 aromatic rings. The maximum Gasteiger partial charge on any atom is 0.122 e. The number of unbranched alkanes of at least 4 members (excludes halogenated alkanes) is 3. The lowest BCUT2D eigenvalue weighted by Gasteiger charge is -2.26. The van der Waals surface area contributed by atoms with E-state index >= 15 is 0 Å². The Labute approximate surface area is 112 Å². The van der Waals surface area contributed by atoms with Gasteiger partial charge in [0.15, 0.2) is 0 Å². The summed E-state index contributed by atoms with van der Waals surface area (Å²) in [6, 6.07) is 0.725. The number of nitrogens with zero attached hydrogens (tertiary/aromatic N) is 1. The summed E-state index contributed by atoms with van der Waals surface area (Å²) in [5, 5.41) is 1.80. The highest BCUT2D eigenvalue weighted by Gasteiger charge is 2.09. The van der Waals surface area contributed by atoms with E-state index in [9.17, 15) is 0 Å². The fourth-order valence-electron chi connectivity index (χ4n) is 2.08. The van der Waals surface area contributed by atoms with Gasteiger partial charge in [0.1, 0.15) is 9.68 Å². The molecule has 0 amide bonds. The minimum atomic E-state index is -0.162. The molecule has 0 aliphatic carbocycles. The van der Waals surface area contributed by atoms with Crippen LogP contribution in [0.5, 0.6) is 0 Å². The van der Waals surface area contributed by atoms with Gasteiger partial charge >= 0.3 is 0 Å². The van der Waals surface area contributed by atoms with Crippen molar-refractivity contribution >= 4 is 9.68 Å². The van der Waals surface area contributed by atoms with E-state index in [1.165, 1.54) is 45.1 Å². The summed E-state index contributed by atoms with van der Waals surface area (Å²) in [7, 11) is -0.162. The van der Waals surface area contributed by atoms with E-state index in [0.717, 1.165) is 6.04 Å². The molecule has 0 aliphatic heterocycles. The first-order valence-corrected chi connectivity index (χ1v) is 8.91. The third-order valence-electron chi connectivity index (χ3n) is 3.38. The second-order valence-corrected chi connectivity index (χ2v) is 7.30. The lowest BCUT2D eigenvalue weighted by atomic mass is 10.2. The molecule has 0 aromatic carbocycles. The maximum absolute atomic E-state index is 2.70. The summed E-state index contributed by atoms with van der Waals surface area (Å²) in [6.07, 6.45) is 10.6. The van der Waals surface area contributed by atoms with Crippen LogP contribution in [0.3, 0.4) is 0 Å². The van der Waals surface area contributed by atoms with Crippen molar-refractivity contribution in [3.05, 3.63) is 11.3 Å². The van der Waals surface area contributed by atoms with Crippen molar-refractivity contribution in [2.24, 2.45) is 0 Å². The maximum atomic E-state index is 2.70. The van der Waals surface area contributed by atoms with Crippen molar-refractivity contribution in [1.29, 1.82) is 0 Å². The first kappa shape index (κ1) is 16.9. The number of rotatable bonds is 10. The topological polar surface area (TPSA) is 3.24 Å². The second kappa shape index (κ2) is 11.0. The summed E-state index contributed by atoms with van der Waals surface area (Å²) < 4.78 is 2.70. The first-order chi connectivity index (χ1) is 8.15. The molecule has 0 aliphatic rings. The fraction of sp³-hybridized carbons (Fsp3) is 0.867. The van der Waals surface area contributed by atoms with Gasteiger partial charge in [-0.15, -0.1) is 0 Å². The zero-order valence-electron chi connectivity index (χ0n) is 12.8. The molecule has 2 heteroatoms. The van der Waals surface area contributed by atoms with Crippen LogP contribution in [0.25, 0.3) is 0 Å². The van der Waals surface area contributed by atoms with Crippen molar-refractivity contribution in [2.45, 2.75) is 79.2 Å². The molecule has 0 radical (unpaired) electrons. The van der Waals surface area contributed by atoms with Crippen molar-refractivity contribution in [1.82, 2.24) is 4.57 Å². The van der Waals surface area contributed by atoms with E-state index in [-0.39, 0.29) is 9.68 Å². The summed E-state index contributed by atoms with van der Waals surface area (Å²) in [6.45, 7) is 12.8. The van der Waals surface area contributed by atoms with Crippen LogP contribution in [0.1, 0.15) is 73.1 Å². The van der Waals surface area contributed by atoms with E-state index in [1.807, 2.05) is 0 Å². The zero-order valence-corrected chi connectivity index (χ0v) is 14.2. The Morgan fingerprint density at radius 1 is 1.12 bits per heavy atom. The average molecular weight is 256 g/mol. The normalized spacial score (nSPS) is 13.5. The molecule has 102 valence electrons. The minimum absolute atomic E-state index is 0.162. The molecule has 0 aromatic heterocycles. The average Bonchev–Trinajstić information content (AvgIpc) is 2.31. The molecule has 0 fully saturated rings. The molecular weight excluding hydrogens is 222 g/mol. The quantitative estimate of drug-likeness (QED) is 0.420. The molecule has 0 saturated heterocycles. The van der Waals surface area contributed by atoms with Gasteiger partial charge in [0.05, 0.1) is 0 Å². The third kappa shape index (κ3) is 8.61. The third-order valence-corrected chi connectivity index (χ3v) is 6.02. The molecule has 0 unspecified atom stereocenters. The summed E-state index contributed by atoms with van der Waals surface area (Å²) >= 11 is 0. The van der Waals surface area contributed by atoms with Crippen LogP contribution in [0.4, 0.5) is 0 Å². The summed E-state index contributed by atoms with van der Waals surface area (Å²) in [5.74, 6) is 0. The van der Waals surface area contributed by atoms with Gasteiger partial charge in [-0.3, -0.25) is 0 Å². The minimum Gasteiger partial charge on any atom is -0.323 e. The van der Waals surface area contributed by atoms with Crippen molar-refractivity contribution in [3.63, 3.8) is 0 Å². The molecule has 0 atom stereocenters. The highest BCUT2D eigenvalue weighted by Crippen LogP contribution is 2.11. The van der Waals surface area contributed by atoms with E-state index in [0.29, 0.717) is 0 Å². The second-order valence-electron chi connectivity index (χ2n) is 5.26. The summed E-state index contributed by atoms with van der Waals surface area (Å²) in [5.41, 5.74) is 0. The largest absolute Gasteiger partial charge is 0.323 e. The van der Waals surface area contributed by atoms with Crippen LogP contribution in [0, 0.1) is 0 Å². The van der Waals surface area contributed by atoms with Crippen LogP contribution in [0.2, 0.25) is 0 Å². The van der Waals surface area contributed by atoms with E-state index in [2.05, 4.69) is 45.3 Å². The Kier molecular flexibility index (Phi) is 11.0. The molecule has 1 nitrogen and oxygen atoms in total. The molecular formula is C15H33NSi. The van der Waals surface area contributed by atoms with Crippen LogP contribution >= 0.6 is 0 Å². The van der Waals surface area contributed by atoms with Crippen LogP contribution in [-0.4, -0.2) is 26.8 Å². The molecule has 0 bridgehead atoms. The Bertz CT molecular complexity index is 199. The highest BCUT2D eigenvalue weighted by atomic mass is 28.2. The fourth-order valence-corrected chi connectivity index (χ4v) is 3.93. The monoisotopic (exact) mass is 255 g/mol. The standard InChI is InChI=1S/C15H33NSi/c1-6-9-11-13-15(12-10-7-2)17-16(8-3)14(4)5/h13-14H,6-12,17H2,1-5H3. The van der Waals surface area contributed by atoms with Crippen LogP contribution in [0.15, 0.2) is 11.3 Å². The highest BCUT2D eigenvalue weighted by molar-refractivity contribution is 6.42. The molecule has 0 heterocycles. The molecule has 0 saturated carbocycles. The Hall–Kier alpha value is -0.0831. The van der Waals surface area contributed by atoms with Gasteiger partial charge in [0.25, 0.3) is 0 Å². The lowest BCUT2D eigenvalue weighted by molar-refractivity contribution is 0.391. The number of allylic oxidation sites excluding steroid dienone is 2. The van der Waals surface area contributed by atoms with Gasteiger partial charge in [-0.05, 0) is 25.4 Å². The first-order valence-electron chi connectivity index (χ1n) is 7.57. The number of hydrogen-bond acceptors (Lipinski definition) is 1. The molecule has 0 N–H and O–H groups in total. The van der Waals surface area contributed by atoms with Crippen molar-refractivity contribution < 1.29 is 0 Å². The van der Waals surface area contributed by atoms with Crippen molar-refractivity contribution in [3.8, 4) is 0 Å². The number of hydrogen-bond donors (Lipinski definition) is 0. The molecule has 17 heavy (non-hydrogen) atoms. The van der Waals surface area contributed by atoms with Gasteiger partial charge in [-0.1, -0.05) is 71.6 Å². The van der Waals surface area contributed by atoms with Crippen LogP contribution in [-0.2, 0) is 0 Å². The van der Waals surface area contributed by atoms with Gasteiger partial charge in [-0.25, -0.2) is 0 Å². The van der Waals surface area contributed by atoms with Gasteiger partial charge < -0.3 is 4.57 Å². The zero-order chi connectivity index (χ0) is 13.1. The summed E-state index contributed by atoms with van der Waals surface area (Å²) in [4.78, 5) is 0. The molecule has 0 rings (SSSR count). The van der Waals surface area contributed by atoms with Gasteiger partial charge in [-0.2, -0.15) is 0 Å². The van der Waals surface area contributed by atoms with E-state index in [4.69, 9.17) is 0 Å². The smallest absolute Gasteiger partial charge is 0.122 e. The Balaban J connectivity index is 4.29. The SMILES string of the molecule is CCCCC=C(CCCC)[SiH2]N(CC)C(C)C. The lowest BCUT2D eigenvalue weighted by Crippen LogP contribution is -2.35. The Morgan fingerprint density at radius 3 is 2.24 bits per heavy atom. The Morgan fingerprint density at radius 2 is 1.76 bits per heavy atom. The predicted molar refractivity (Wildman–Crippen MR) is 83.2 cm³/mol.